The molecule has 0 unspecified atom stereocenters. The molecular weight excluding hydrogens is 378 g/mol. The Balaban J connectivity index is 1.76. The summed E-state index contributed by atoms with van der Waals surface area (Å²) in [5.74, 6) is -0.523. The largest absolute Gasteiger partial charge is 0.465 e. The first-order valence-electron chi connectivity index (χ1n) is 9.65. The number of benzene rings is 2. The van der Waals surface area contributed by atoms with E-state index in [2.05, 4.69) is 15.1 Å². The zero-order chi connectivity index (χ0) is 21.7. The third kappa shape index (κ3) is 4.66. The van der Waals surface area contributed by atoms with Crippen molar-refractivity contribution in [1.82, 2.24) is 9.99 Å². The van der Waals surface area contributed by atoms with Crippen molar-refractivity contribution < 1.29 is 14.3 Å². The van der Waals surface area contributed by atoms with Gasteiger partial charge in [-0.3, -0.25) is 4.79 Å². The normalized spacial score (nSPS) is 10.9. The molecule has 0 bridgehead atoms. The smallest absolute Gasteiger partial charge is 0.337 e. The van der Waals surface area contributed by atoms with Crippen molar-refractivity contribution >= 4 is 18.1 Å². The highest BCUT2D eigenvalue weighted by molar-refractivity contribution is 5.90. The summed E-state index contributed by atoms with van der Waals surface area (Å²) >= 11 is 0. The van der Waals surface area contributed by atoms with E-state index in [1.807, 2.05) is 69.3 Å². The van der Waals surface area contributed by atoms with Gasteiger partial charge >= 0.3 is 5.97 Å². The Labute approximate surface area is 176 Å². The molecular formula is C24H25N3O3. The highest BCUT2D eigenvalue weighted by atomic mass is 16.5. The van der Waals surface area contributed by atoms with E-state index >= 15 is 0 Å². The predicted molar refractivity (Wildman–Crippen MR) is 117 cm³/mol. The number of amides is 1. The summed E-state index contributed by atoms with van der Waals surface area (Å²) in [4.78, 5) is 23.8. The van der Waals surface area contributed by atoms with Crippen LogP contribution in [-0.2, 0) is 16.0 Å². The van der Waals surface area contributed by atoms with Gasteiger partial charge in [0.2, 0.25) is 5.91 Å². The molecule has 3 aromatic rings. The van der Waals surface area contributed by atoms with Gasteiger partial charge in [-0.2, -0.15) is 5.10 Å². The van der Waals surface area contributed by atoms with Crippen molar-refractivity contribution in [3.63, 3.8) is 0 Å². The van der Waals surface area contributed by atoms with Crippen LogP contribution in [0.15, 0.2) is 59.7 Å². The Morgan fingerprint density at radius 2 is 1.80 bits per heavy atom. The third-order valence-electron chi connectivity index (χ3n) is 4.93. The number of nitrogens with one attached hydrogen (secondary N) is 1. The summed E-state index contributed by atoms with van der Waals surface area (Å²) in [6.45, 7) is 5.96. The number of carbonyl (C=O) groups is 2. The van der Waals surface area contributed by atoms with E-state index < -0.39 is 0 Å². The summed E-state index contributed by atoms with van der Waals surface area (Å²) in [5.41, 5.74) is 8.90. The molecule has 0 aliphatic carbocycles. The first kappa shape index (κ1) is 21.0. The standard InChI is InChI=1S/C24H25N3O3/c1-16-12-20(24(29)30-4)10-11-22(16)27-17(2)13-21(18(27)3)15-25-26-23(28)14-19-8-6-5-7-9-19/h5-13,15H,14H2,1-4H3,(H,26,28)/b25-15+. The van der Waals surface area contributed by atoms with Gasteiger partial charge in [-0.1, -0.05) is 30.3 Å². The maximum absolute atomic E-state index is 12.1. The van der Waals surface area contributed by atoms with Gasteiger partial charge in [-0.25, -0.2) is 10.2 Å². The number of hydrogen-bond acceptors (Lipinski definition) is 4. The molecule has 154 valence electrons. The summed E-state index contributed by atoms with van der Waals surface area (Å²) in [6.07, 6.45) is 1.93. The first-order chi connectivity index (χ1) is 14.4. The van der Waals surface area contributed by atoms with E-state index in [-0.39, 0.29) is 18.3 Å². The van der Waals surface area contributed by atoms with Crippen molar-refractivity contribution in [3.05, 3.63) is 88.2 Å². The van der Waals surface area contributed by atoms with Crippen LogP contribution in [0.2, 0.25) is 0 Å². The van der Waals surface area contributed by atoms with Crippen LogP contribution in [0.25, 0.3) is 5.69 Å². The molecule has 0 saturated heterocycles. The lowest BCUT2D eigenvalue weighted by molar-refractivity contribution is -0.120. The molecule has 0 spiro atoms. The highest BCUT2D eigenvalue weighted by Gasteiger charge is 2.14. The van der Waals surface area contributed by atoms with Crippen molar-refractivity contribution in [2.45, 2.75) is 27.2 Å². The number of hydrazone groups is 1. The van der Waals surface area contributed by atoms with Gasteiger partial charge in [0.1, 0.15) is 0 Å². The Morgan fingerprint density at radius 3 is 2.47 bits per heavy atom. The zero-order valence-corrected chi connectivity index (χ0v) is 17.6. The second-order valence-corrected chi connectivity index (χ2v) is 7.11. The molecule has 1 aromatic heterocycles. The van der Waals surface area contributed by atoms with Gasteiger partial charge < -0.3 is 9.30 Å². The fraction of sp³-hybridized carbons (Fsp3) is 0.208. The lowest BCUT2D eigenvalue weighted by Crippen LogP contribution is -2.19. The second kappa shape index (κ2) is 9.22. The molecule has 3 rings (SSSR count). The predicted octanol–water partition coefficient (Wildman–Crippen LogP) is 3.88. The fourth-order valence-corrected chi connectivity index (χ4v) is 3.43. The molecule has 30 heavy (non-hydrogen) atoms. The number of rotatable bonds is 6. The fourth-order valence-electron chi connectivity index (χ4n) is 3.43. The Morgan fingerprint density at radius 1 is 1.07 bits per heavy atom. The van der Waals surface area contributed by atoms with Gasteiger partial charge in [-0.15, -0.1) is 0 Å². The number of esters is 1. The topological polar surface area (TPSA) is 72.7 Å². The van der Waals surface area contributed by atoms with Crippen molar-refractivity contribution in [1.29, 1.82) is 0 Å². The average molecular weight is 403 g/mol. The lowest BCUT2D eigenvalue weighted by Gasteiger charge is -2.13. The van der Waals surface area contributed by atoms with Gasteiger partial charge in [0, 0.05) is 22.6 Å². The molecule has 1 amide bonds. The number of ether oxygens (including phenoxy) is 1. The number of aromatic nitrogens is 1. The molecule has 1 N–H and O–H groups in total. The third-order valence-corrected chi connectivity index (χ3v) is 4.93. The molecule has 6 heteroatoms. The lowest BCUT2D eigenvalue weighted by atomic mass is 10.1. The SMILES string of the molecule is COC(=O)c1ccc(-n2c(C)cc(/C=N/NC(=O)Cc3ccccc3)c2C)c(C)c1. The van der Waals surface area contributed by atoms with Crippen LogP contribution < -0.4 is 5.43 Å². The molecule has 1 heterocycles. The van der Waals surface area contributed by atoms with Gasteiger partial charge in [0.05, 0.1) is 25.3 Å². The van der Waals surface area contributed by atoms with Crippen LogP contribution in [0.4, 0.5) is 0 Å². The van der Waals surface area contributed by atoms with E-state index in [4.69, 9.17) is 4.74 Å². The van der Waals surface area contributed by atoms with Crippen molar-refractivity contribution in [3.8, 4) is 5.69 Å². The van der Waals surface area contributed by atoms with Crippen molar-refractivity contribution in [2.24, 2.45) is 5.10 Å². The average Bonchev–Trinajstić information content (AvgIpc) is 3.01. The number of methoxy groups -OCH3 is 1. The maximum atomic E-state index is 12.1. The van der Waals surface area contributed by atoms with Crippen LogP contribution >= 0.6 is 0 Å². The molecule has 0 fully saturated rings. The van der Waals surface area contributed by atoms with Gasteiger partial charge in [0.15, 0.2) is 0 Å². The Hall–Kier alpha value is -3.67. The van der Waals surface area contributed by atoms with Crippen molar-refractivity contribution in [2.75, 3.05) is 7.11 Å². The number of carbonyl (C=O) groups excluding carboxylic acids is 2. The Bertz CT molecular complexity index is 1100. The first-order valence-corrected chi connectivity index (χ1v) is 9.65. The summed E-state index contributed by atoms with van der Waals surface area (Å²) < 4.78 is 6.89. The van der Waals surface area contributed by atoms with E-state index in [0.717, 1.165) is 33.8 Å². The van der Waals surface area contributed by atoms with E-state index in [0.29, 0.717) is 5.56 Å². The molecule has 6 nitrogen and oxygen atoms in total. The van der Waals surface area contributed by atoms with Crippen LogP contribution in [0.3, 0.4) is 0 Å². The van der Waals surface area contributed by atoms with Gasteiger partial charge in [-0.05, 0) is 56.2 Å². The number of aryl methyl sites for hydroxylation is 2. The minimum absolute atomic E-state index is 0.166. The summed E-state index contributed by atoms with van der Waals surface area (Å²) in [5, 5.41) is 4.12. The monoisotopic (exact) mass is 403 g/mol. The quantitative estimate of drug-likeness (QED) is 0.386. The minimum atomic E-state index is -0.357. The van der Waals surface area contributed by atoms with Crippen LogP contribution in [-0.4, -0.2) is 29.8 Å². The Kier molecular flexibility index (Phi) is 6.47. The maximum Gasteiger partial charge on any atom is 0.337 e. The van der Waals surface area contributed by atoms with E-state index in [9.17, 15) is 9.59 Å². The molecule has 0 aliphatic heterocycles. The van der Waals surface area contributed by atoms with Crippen LogP contribution in [0.1, 0.15) is 38.4 Å². The molecule has 0 aliphatic rings. The van der Waals surface area contributed by atoms with Crippen LogP contribution in [0, 0.1) is 20.8 Å². The number of hydrogen-bond donors (Lipinski definition) is 1. The minimum Gasteiger partial charge on any atom is -0.465 e. The number of nitrogens with zero attached hydrogens (tertiary/aromatic N) is 2. The summed E-state index contributed by atoms with van der Waals surface area (Å²) in [6, 6.07) is 17.0. The molecule has 0 atom stereocenters. The summed E-state index contributed by atoms with van der Waals surface area (Å²) in [7, 11) is 1.37. The molecule has 0 saturated carbocycles. The molecule has 2 aromatic carbocycles. The highest BCUT2D eigenvalue weighted by Crippen LogP contribution is 2.23. The van der Waals surface area contributed by atoms with E-state index in [1.165, 1.54) is 7.11 Å². The van der Waals surface area contributed by atoms with E-state index in [1.54, 1.807) is 12.3 Å². The molecule has 0 radical (unpaired) electrons. The van der Waals surface area contributed by atoms with Crippen LogP contribution in [0.5, 0.6) is 0 Å². The second-order valence-electron chi connectivity index (χ2n) is 7.11. The van der Waals surface area contributed by atoms with Gasteiger partial charge in [0.25, 0.3) is 0 Å². The zero-order valence-electron chi connectivity index (χ0n) is 17.6.